The third-order valence-electron chi connectivity index (χ3n) is 3.99. The molecule has 19 heavy (non-hydrogen) atoms. The van der Waals surface area contributed by atoms with Crippen LogP contribution in [-0.2, 0) is 9.53 Å². The van der Waals surface area contributed by atoms with Crippen LogP contribution in [0.1, 0.15) is 33.6 Å². The van der Waals surface area contributed by atoms with Crippen molar-refractivity contribution < 1.29 is 9.53 Å². The number of rotatable bonds is 5. The Morgan fingerprint density at radius 1 is 1.37 bits per heavy atom. The van der Waals surface area contributed by atoms with Gasteiger partial charge in [-0.3, -0.25) is 0 Å². The van der Waals surface area contributed by atoms with Gasteiger partial charge in [-0.05, 0) is 43.7 Å². The molecule has 1 N–H and O–H groups in total. The minimum Gasteiger partial charge on any atom is -0.464 e. The summed E-state index contributed by atoms with van der Waals surface area (Å²) < 4.78 is 5.25. The SMILES string of the molecule is CCOC(=O)C1(Nc2ccccc2)CC(C(C)C)C1. The van der Waals surface area contributed by atoms with E-state index in [-0.39, 0.29) is 5.97 Å². The van der Waals surface area contributed by atoms with Crippen LogP contribution in [0.4, 0.5) is 5.69 Å². The highest BCUT2D eigenvalue weighted by molar-refractivity contribution is 5.86. The quantitative estimate of drug-likeness (QED) is 0.825. The summed E-state index contributed by atoms with van der Waals surface area (Å²) in [5.74, 6) is 1.09. The van der Waals surface area contributed by atoms with Crippen LogP contribution in [0.25, 0.3) is 0 Å². The van der Waals surface area contributed by atoms with Crippen molar-refractivity contribution in [3.63, 3.8) is 0 Å². The third kappa shape index (κ3) is 2.91. The van der Waals surface area contributed by atoms with Crippen molar-refractivity contribution in [3.05, 3.63) is 30.3 Å². The summed E-state index contributed by atoms with van der Waals surface area (Å²) in [7, 11) is 0. The molecule has 0 spiro atoms. The zero-order chi connectivity index (χ0) is 13.9. The van der Waals surface area contributed by atoms with Crippen LogP contribution in [0.2, 0.25) is 0 Å². The second-order valence-corrected chi connectivity index (χ2v) is 5.71. The summed E-state index contributed by atoms with van der Waals surface area (Å²) in [4.78, 5) is 12.2. The van der Waals surface area contributed by atoms with Gasteiger partial charge in [0.15, 0.2) is 0 Å². The van der Waals surface area contributed by atoms with Crippen molar-refractivity contribution in [3.8, 4) is 0 Å². The average molecular weight is 261 g/mol. The fraction of sp³-hybridized carbons (Fsp3) is 0.562. The van der Waals surface area contributed by atoms with Gasteiger partial charge in [-0.25, -0.2) is 4.79 Å². The number of benzene rings is 1. The largest absolute Gasteiger partial charge is 0.464 e. The monoisotopic (exact) mass is 261 g/mol. The number of ether oxygens (including phenoxy) is 1. The smallest absolute Gasteiger partial charge is 0.331 e. The van der Waals surface area contributed by atoms with Crippen LogP contribution in [-0.4, -0.2) is 18.1 Å². The zero-order valence-corrected chi connectivity index (χ0v) is 12.0. The molecule has 1 aromatic carbocycles. The average Bonchev–Trinajstić information content (AvgIpc) is 2.34. The van der Waals surface area contributed by atoms with Crippen molar-refractivity contribution in [2.24, 2.45) is 11.8 Å². The second kappa shape index (κ2) is 5.64. The lowest BCUT2D eigenvalue weighted by molar-refractivity contribution is -0.154. The predicted molar refractivity (Wildman–Crippen MR) is 77.0 cm³/mol. The first-order valence-electron chi connectivity index (χ1n) is 7.08. The molecule has 0 atom stereocenters. The van der Waals surface area contributed by atoms with Crippen LogP contribution < -0.4 is 5.32 Å². The predicted octanol–water partition coefficient (Wildman–Crippen LogP) is 3.47. The standard InChI is InChI=1S/C16H23NO2/c1-4-19-15(18)16(10-13(11-16)12(2)3)17-14-8-6-5-7-9-14/h5-9,12-13,17H,4,10-11H2,1-3H3. The number of carbonyl (C=O) groups excluding carboxylic acids is 1. The molecule has 0 aromatic heterocycles. The zero-order valence-electron chi connectivity index (χ0n) is 12.0. The van der Waals surface area contributed by atoms with E-state index in [1.807, 2.05) is 37.3 Å². The van der Waals surface area contributed by atoms with Gasteiger partial charge in [-0.1, -0.05) is 32.0 Å². The van der Waals surface area contributed by atoms with Crippen molar-refractivity contribution in [2.45, 2.75) is 39.2 Å². The molecule has 1 aliphatic rings. The normalized spacial score (nSPS) is 25.8. The van der Waals surface area contributed by atoms with Crippen LogP contribution in [0.15, 0.2) is 30.3 Å². The van der Waals surface area contributed by atoms with Gasteiger partial charge in [0.25, 0.3) is 0 Å². The minimum atomic E-state index is -0.522. The van der Waals surface area contributed by atoms with Crippen LogP contribution in [0.3, 0.4) is 0 Å². The highest BCUT2D eigenvalue weighted by Crippen LogP contribution is 2.45. The summed E-state index contributed by atoms with van der Waals surface area (Å²) in [6.45, 7) is 6.71. The molecule has 3 heteroatoms. The van der Waals surface area contributed by atoms with Gasteiger partial charge in [-0.15, -0.1) is 0 Å². The molecule has 0 radical (unpaired) electrons. The van der Waals surface area contributed by atoms with Gasteiger partial charge >= 0.3 is 5.97 Å². The van der Waals surface area contributed by atoms with E-state index in [1.54, 1.807) is 0 Å². The lowest BCUT2D eigenvalue weighted by Gasteiger charge is -2.48. The molecule has 1 aromatic rings. The number of nitrogens with one attached hydrogen (secondary N) is 1. The molecular weight excluding hydrogens is 238 g/mol. The topological polar surface area (TPSA) is 38.3 Å². The Morgan fingerprint density at radius 2 is 2.00 bits per heavy atom. The molecule has 2 rings (SSSR count). The molecule has 1 fully saturated rings. The molecule has 0 saturated heterocycles. The molecule has 0 heterocycles. The number of anilines is 1. The van der Waals surface area contributed by atoms with E-state index in [0.29, 0.717) is 18.4 Å². The highest BCUT2D eigenvalue weighted by Gasteiger charge is 2.52. The van der Waals surface area contributed by atoms with E-state index >= 15 is 0 Å². The van der Waals surface area contributed by atoms with E-state index in [1.165, 1.54) is 0 Å². The van der Waals surface area contributed by atoms with Crippen LogP contribution in [0, 0.1) is 11.8 Å². The summed E-state index contributed by atoms with van der Waals surface area (Å²) >= 11 is 0. The third-order valence-corrected chi connectivity index (χ3v) is 3.99. The van der Waals surface area contributed by atoms with Gasteiger partial charge in [0.05, 0.1) is 6.61 Å². The van der Waals surface area contributed by atoms with E-state index in [2.05, 4.69) is 19.2 Å². The van der Waals surface area contributed by atoms with Crippen molar-refractivity contribution in [2.75, 3.05) is 11.9 Å². The van der Waals surface area contributed by atoms with Gasteiger partial charge in [-0.2, -0.15) is 0 Å². The number of hydrogen-bond acceptors (Lipinski definition) is 3. The fourth-order valence-corrected chi connectivity index (χ4v) is 2.69. The number of carbonyl (C=O) groups is 1. The first-order valence-corrected chi connectivity index (χ1v) is 7.08. The Labute approximate surface area is 115 Å². The Bertz CT molecular complexity index is 422. The van der Waals surface area contributed by atoms with E-state index in [9.17, 15) is 4.79 Å². The van der Waals surface area contributed by atoms with E-state index in [4.69, 9.17) is 4.74 Å². The first-order chi connectivity index (χ1) is 9.07. The number of para-hydroxylation sites is 1. The molecule has 1 saturated carbocycles. The van der Waals surface area contributed by atoms with Gasteiger partial charge in [0.2, 0.25) is 0 Å². The molecule has 0 bridgehead atoms. The Hall–Kier alpha value is -1.51. The molecule has 0 unspecified atom stereocenters. The summed E-state index contributed by atoms with van der Waals surface area (Å²) in [6.07, 6.45) is 1.72. The van der Waals surface area contributed by atoms with Crippen LogP contribution in [0.5, 0.6) is 0 Å². The lowest BCUT2D eigenvalue weighted by Crippen LogP contribution is -2.58. The molecule has 1 aliphatic carbocycles. The van der Waals surface area contributed by atoms with Crippen LogP contribution >= 0.6 is 0 Å². The maximum Gasteiger partial charge on any atom is 0.331 e. The van der Waals surface area contributed by atoms with E-state index < -0.39 is 5.54 Å². The summed E-state index contributed by atoms with van der Waals surface area (Å²) in [5, 5.41) is 3.39. The van der Waals surface area contributed by atoms with Crippen molar-refractivity contribution in [1.82, 2.24) is 0 Å². The molecular formula is C16H23NO2. The van der Waals surface area contributed by atoms with Gasteiger partial charge in [0.1, 0.15) is 5.54 Å². The summed E-state index contributed by atoms with van der Waals surface area (Å²) in [5.41, 5.74) is 0.463. The second-order valence-electron chi connectivity index (χ2n) is 5.71. The maximum absolute atomic E-state index is 12.2. The summed E-state index contributed by atoms with van der Waals surface area (Å²) in [6, 6.07) is 9.90. The Balaban J connectivity index is 2.11. The Morgan fingerprint density at radius 3 is 2.53 bits per heavy atom. The van der Waals surface area contributed by atoms with Gasteiger partial charge in [0, 0.05) is 5.69 Å². The number of hydrogen-bond donors (Lipinski definition) is 1. The first kappa shape index (κ1) is 13.9. The molecule has 0 amide bonds. The van der Waals surface area contributed by atoms with Crippen molar-refractivity contribution in [1.29, 1.82) is 0 Å². The number of esters is 1. The fourth-order valence-electron chi connectivity index (χ4n) is 2.69. The molecule has 3 nitrogen and oxygen atoms in total. The highest BCUT2D eigenvalue weighted by atomic mass is 16.5. The Kier molecular flexibility index (Phi) is 4.13. The maximum atomic E-state index is 12.2. The van der Waals surface area contributed by atoms with E-state index in [0.717, 1.165) is 18.5 Å². The minimum absolute atomic E-state index is 0.115. The molecule has 104 valence electrons. The lowest BCUT2D eigenvalue weighted by atomic mass is 9.64. The van der Waals surface area contributed by atoms with Crippen molar-refractivity contribution >= 4 is 11.7 Å². The molecule has 0 aliphatic heterocycles. The van der Waals surface area contributed by atoms with Gasteiger partial charge < -0.3 is 10.1 Å².